The lowest BCUT2D eigenvalue weighted by Crippen LogP contribution is -2.48. The topological polar surface area (TPSA) is 82.0 Å². The van der Waals surface area contributed by atoms with Crippen molar-refractivity contribution in [1.82, 2.24) is 14.9 Å². The number of aromatic amines is 1. The van der Waals surface area contributed by atoms with E-state index in [0.717, 1.165) is 36.8 Å². The van der Waals surface area contributed by atoms with Gasteiger partial charge in [0.2, 0.25) is 0 Å². The number of carbonyl (C=O) groups excluding carboxylic acids is 1. The van der Waals surface area contributed by atoms with E-state index in [1.807, 2.05) is 18.4 Å². The number of aryl methyl sites for hydroxylation is 1. The van der Waals surface area contributed by atoms with Crippen LogP contribution in [-0.2, 0) is 16.0 Å². The van der Waals surface area contributed by atoms with Gasteiger partial charge in [0.15, 0.2) is 11.5 Å². The van der Waals surface area contributed by atoms with Gasteiger partial charge in [-0.15, -0.1) is 11.8 Å². The zero-order valence-corrected chi connectivity index (χ0v) is 26.8. The van der Waals surface area contributed by atoms with Gasteiger partial charge in [-0.25, -0.2) is 13.8 Å². The number of H-pyrrole nitrogens is 1. The van der Waals surface area contributed by atoms with E-state index in [4.69, 9.17) is 32.9 Å². The molecule has 4 unspecified atom stereocenters. The Morgan fingerprint density at radius 1 is 1.24 bits per heavy atom. The summed E-state index contributed by atoms with van der Waals surface area (Å²) in [5, 5.41) is 12.0. The lowest BCUT2D eigenvalue weighted by atomic mass is 9.92. The molecule has 45 heavy (non-hydrogen) atoms. The largest absolute Gasteiger partial charge is 0.375 e. The van der Waals surface area contributed by atoms with E-state index in [1.54, 1.807) is 23.1 Å². The molecule has 2 aromatic heterocycles. The average Bonchev–Trinajstić information content (AvgIpc) is 3.86. The molecule has 4 fully saturated rings. The summed E-state index contributed by atoms with van der Waals surface area (Å²) in [6.07, 6.45) is 6.77. The number of piperidine rings is 1. The summed E-state index contributed by atoms with van der Waals surface area (Å²) in [5.41, 5.74) is 1.19. The number of alkyl halides is 1. The fourth-order valence-corrected chi connectivity index (χ4v) is 8.49. The minimum Gasteiger partial charge on any atom is -0.375 e. The van der Waals surface area contributed by atoms with Gasteiger partial charge < -0.3 is 14.6 Å². The van der Waals surface area contributed by atoms with E-state index < -0.39 is 17.4 Å². The lowest BCUT2D eigenvalue weighted by molar-refractivity contribution is -0.146. The Morgan fingerprint density at radius 2 is 2.04 bits per heavy atom. The van der Waals surface area contributed by atoms with Crippen LogP contribution in [0, 0.1) is 23.1 Å². The number of aromatic nitrogens is 2. The van der Waals surface area contributed by atoms with Crippen molar-refractivity contribution in [2.75, 3.05) is 6.26 Å². The highest BCUT2D eigenvalue weighted by atomic mass is 35.5. The first-order valence-corrected chi connectivity index (χ1v) is 17.4. The fourth-order valence-electron chi connectivity index (χ4n) is 7.53. The Morgan fingerprint density at radius 3 is 2.76 bits per heavy atom. The van der Waals surface area contributed by atoms with Gasteiger partial charge in [-0.05, 0) is 75.0 Å². The minimum absolute atomic E-state index is 0.00708. The third-order valence-electron chi connectivity index (χ3n) is 9.94. The third kappa shape index (κ3) is 4.74. The highest BCUT2D eigenvalue weighted by Crippen LogP contribution is 2.56. The Bertz CT molecular complexity index is 1940. The van der Waals surface area contributed by atoms with Crippen LogP contribution in [0.25, 0.3) is 32.9 Å². The van der Waals surface area contributed by atoms with Crippen molar-refractivity contribution in [3.05, 3.63) is 57.5 Å². The van der Waals surface area contributed by atoms with Gasteiger partial charge in [0.05, 0.1) is 39.9 Å². The second kappa shape index (κ2) is 10.8. The number of hydrogen-bond donors (Lipinski definition) is 1. The maximum absolute atomic E-state index is 16.7. The van der Waals surface area contributed by atoms with Gasteiger partial charge in [-0.3, -0.25) is 4.79 Å². The molecular formula is C34H30Cl2F2N4O2S. The molecule has 0 radical (unpaired) electrons. The van der Waals surface area contributed by atoms with Gasteiger partial charge in [-0.1, -0.05) is 35.3 Å². The van der Waals surface area contributed by atoms with Crippen molar-refractivity contribution >= 4 is 62.7 Å². The van der Waals surface area contributed by atoms with Crippen LogP contribution in [0.4, 0.5) is 8.78 Å². The van der Waals surface area contributed by atoms with Gasteiger partial charge in [0, 0.05) is 46.0 Å². The first kappa shape index (κ1) is 29.5. The van der Waals surface area contributed by atoms with Crippen LogP contribution in [0.15, 0.2) is 35.4 Å². The second-order valence-corrected chi connectivity index (χ2v) is 14.4. The average molecular weight is 668 g/mol. The maximum atomic E-state index is 16.7. The molecule has 4 aliphatic rings. The molecule has 6 nitrogen and oxygen atoms in total. The minimum atomic E-state index is -1.78. The Kier molecular flexibility index (Phi) is 7.10. The number of carbonyl (C=O) groups is 1. The summed E-state index contributed by atoms with van der Waals surface area (Å²) in [6.45, 7) is 0. The molecule has 1 saturated heterocycles. The van der Waals surface area contributed by atoms with Gasteiger partial charge >= 0.3 is 0 Å². The van der Waals surface area contributed by atoms with Crippen LogP contribution >= 0.6 is 35.0 Å². The summed E-state index contributed by atoms with van der Waals surface area (Å²) in [5.74, 6) is -0.934. The van der Waals surface area contributed by atoms with Crippen molar-refractivity contribution in [1.29, 1.82) is 5.26 Å². The molecule has 4 atom stereocenters. The van der Waals surface area contributed by atoms with E-state index in [1.165, 1.54) is 11.8 Å². The Balaban J connectivity index is 1.31. The van der Waals surface area contributed by atoms with Crippen LogP contribution in [0.2, 0.25) is 10.0 Å². The lowest BCUT2D eigenvalue weighted by Gasteiger charge is -2.39. The van der Waals surface area contributed by atoms with E-state index in [2.05, 4.69) is 11.1 Å². The zero-order valence-electron chi connectivity index (χ0n) is 24.5. The van der Waals surface area contributed by atoms with Gasteiger partial charge in [-0.2, -0.15) is 5.26 Å². The molecule has 2 aromatic carbocycles. The summed E-state index contributed by atoms with van der Waals surface area (Å²) in [6, 6.07) is 10.7. The summed E-state index contributed by atoms with van der Waals surface area (Å²) in [7, 11) is 0. The number of nitrogens with zero attached hydrogens (tertiary/aromatic N) is 3. The quantitative estimate of drug-likeness (QED) is 0.190. The monoisotopic (exact) mass is 666 g/mol. The van der Waals surface area contributed by atoms with Crippen LogP contribution in [-0.4, -0.2) is 50.9 Å². The number of likely N-dealkylation sites (tertiary alicyclic amines) is 1. The number of ether oxygens (including phenoxy) is 1. The standard InChI is InChI=1S/C34H30Cl2F2N4O2S/c1-45-32-22-15-24(31-20-13-17(14-25(20)44-18-7-8-18)42(31)33(43)34(38)9-10-34)40-29(22)21-12-16(4-3-11-39)26(28(37)30(21)41-32)19-5-2-6-23(35)27(19)36/h2,5-6,12,15,17-18,20,25,31,40H,3-4,7-10,13-14H2,1H3. The molecule has 1 N–H and O–H groups in total. The second-order valence-electron chi connectivity index (χ2n) is 12.8. The van der Waals surface area contributed by atoms with Crippen LogP contribution in [0.3, 0.4) is 0 Å². The van der Waals surface area contributed by atoms with Crippen molar-refractivity contribution < 1.29 is 18.3 Å². The molecular weight excluding hydrogens is 637 g/mol. The Labute approximate surface area is 273 Å². The number of hydrogen-bond acceptors (Lipinski definition) is 5. The SMILES string of the molecule is CSc1nc2c(F)c(-c3cccc(Cl)c3Cl)c(CCC#N)cc2c2[nH]c(C3C4CC(CC4OC4CC4)N3C(=O)C3(F)CC3)cc12. The first-order chi connectivity index (χ1) is 21.7. The fraction of sp³-hybridized carbons (Fsp3) is 0.441. The van der Waals surface area contributed by atoms with E-state index in [0.29, 0.717) is 38.5 Å². The van der Waals surface area contributed by atoms with Crippen LogP contribution < -0.4 is 0 Å². The Hall–Kier alpha value is -2.90. The number of thioether (sulfide) groups is 1. The zero-order chi connectivity index (χ0) is 31.2. The van der Waals surface area contributed by atoms with Crippen molar-refractivity contribution in [2.45, 2.75) is 86.4 Å². The number of nitrogens with one attached hydrogen (secondary N) is 1. The van der Waals surface area contributed by atoms with Gasteiger partial charge in [0.1, 0.15) is 10.5 Å². The molecule has 4 aromatic rings. The van der Waals surface area contributed by atoms with Crippen molar-refractivity contribution in [3.8, 4) is 17.2 Å². The molecule has 232 valence electrons. The predicted molar refractivity (Wildman–Crippen MR) is 172 cm³/mol. The van der Waals surface area contributed by atoms with Gasteiger partial charge in [0.25, 0.3) is 5.91 Å². The van der Waals surface area contributed by atoms with E-state index in [9.17, 15) is 10.1 Å². The molecule has 1 amide bonds. The molecule has 2 bridgehead atoms. The molecule has 3 aliphatic carbocycles. The maximum Gasteiger partial charge on any atom is 0.261 e. The number of benzene rings is 2. The van der Waals surface area contributed by atoms with Crippen molar-refractivity contribution in [3.63, 3.8) is 0 Å². The highest BCUT2D eigenvalue weighted by molar-refractivity contribution is 7.98. The molecule has 0 spiro atoms. The summed E-state index contributed by atoms with van der Waals surface area (Å²) < 4.78 is 38.4. The molecule has 3 heterocycles. The van der Waals surface area contributed by atoms with Crippen LogP contribution in [0.1, 0.15) is 62.2 Å². The number of rotatable bonds is 8. The number of fused-ring (bicyclic) bond motifs is 5. The summed E-state index contributed by atoms with van der Waals surface area (Å²) >= 11 is 14.3. The molecule has 8 rings (SSSR count). The van der Waals surface area contributed by atoms with Crippen molar-refractivity contribution in [2.24, 2.45) is 5.92 Å². The number of pyridine rings is 1. The third-order valence-corrected chi connectivity index (χ3v) is 11.5. The van der Waals surface area contributed by atoms with Crippen LogP contribution in [0.5, 0.6) is 0 Å². The molecule has 1 aliphatic heterocycles. The van der Waals surface area contributed by atoms with E-state index >= 15 is 8.78 Å². The first-order valence-electron chi connectivity index (χ1n) is 15.4. The molecule has 3 saturated carbocycles. The molecule has 11 heteroatoms. The normalized spacial score (nSPS) is 24.9. The smallest absolute Gasteiger partial charge is 0.261 e. The predicted octanol–water partition coefficient (Wildman–Crippen LogP) is 8.72. The number of halogens is 4. The number of nitriles is 1. The number of amides is 1. The summed E-state index contributed by atoms with van der Waals surface area (Å²) in [4.78, 5) is 23.7. The van der Waals surface area contributed by atoms with E-state index in [-0.39, 0.29) is 65.6 Å². The highest BCUT2D eigenvalue weighted by Gasteiger charge is 2.62.